The van der Waals surface area contributed by atoms with Crippen LogP contribution in [0.5, 0.6) is 0 Å². The third-order valence-electron chi connectivity index (χ3n) is 35.0. The molecule has 0 radical (unpaired) electrons. The summed E-state index contributed by atoms with van der Waals surface area (Å²) in [5.74, 6) is 0. The van der Waals surface area contributed by atoms with Crippen LogP contribution in [0.25, 0.3) is 248 Å². The van der Waals surface area contributed by atoms with Gasteiger partial charge in [0.1, 0.15) is 0 Å². The molecule has 4 heteroatoms. The van der Waals surface area contributed by atoms with Crippen LogP contribution in [0.3, 0.4) is 0 Å². The van der Waals surface area contributed by atoms with Crippen LogP contribution >= 0.6 is 22.7 Å². The second-order valence-corrected chi connectivity index (χ2v) is 45.3. The Bertz CT molecular complexity index is 10700. The van der Waals surface area contributed by atoms with Crippen LogP contribution in [0.15, 0.2) is 413 Å². The van der Waals surface area contributed by atoms with Gasteiger partial charge in [-0.15, -0.1) is 22.7 Å². The highest BCUT2D eigenvalue weighted by molar-refractivity contribution is 7.27. The molecule has 5 aliphatic rings. The molecule has 2 nitrogen and oxygen atoms in total. The molecular weight excluding hydrogens is 1760 g/mol. The summed E-state index contributed by atoms with van der Waals surface area (Å²) in [5.41, 5.74) is 37.3. The maximum absolute atomic E-state index is 2.61. The first-order chi connectivity index (χ1) is 70.1. The lowest BCUT2D eigenvalue weighted by Gasteiger charge is -2.42. The Kier molecular flexibility index (Phi) is 15.8. The second kappa shape index (κ2) is 28.1. The minimum absolute atomic E-state index is 0.117. The molecule has 34 rings (SSSR count). The van der Waals surface area contributed by atoms with Gasteiger partial charge in [-0.05, 0) is 288 Å². The summed E-state index contributed by atoms with van der Waals surface area (Å²) in [5, 5.41) is 35.6. The van der Waals surface area contributed by atoms with Crippen molar-refractivity contribution in [3.05, 3.63) is 479 Å². The molecule has 670 valence electrons. The van der Waals surface area contributed by atoms with Crippen LogP contribution in [0.4, 0.5) is 0 Å². The molecule has 143 heavy (non-hydrogen) atoms. The van der Waals surface area contributed by atoms with E-state index in [-0.39, 0.29) is 21.7 Å². The SMILES string of the molecule is CC1(C)c2ccccc2-c2c1c1c3c(cc4c5c(ccc2c35)cc2c4c3ccccc3n2-c2ccccc2)C(C)(C)c2ccccc2-1.CC1(C)c2ccccc2-c2c1c1c3c(cc4cc5c6ccccc6n(-c6ccccc6)c5c5ccc2c3c45)C(C)(C)c2ccccc2-1.c1ccc(C2(c3ccccc3)c3ccccc3-c3c4sc5ccccc5c4c4ccc5cc6c7ccccc7sc6c6cc2c3c4c56)cc1. The highest BCUT2D eigenvalue weighted by Crippen LogP contribution is 2.68. The second-order valence-electron chi connectivity index (χ2n) is 43.2. The van der Waals surface area contributed by atoms with Gasteiger partial charge in [-0.25, -0.2) is 0 Å². The van der Waals surface area contributed by atoms with Gasteiger partial charge in [-0.1, -0.05) is 383 Å². The van der Waals surface area contributed by atoms with E-state index in [4.69, 9.17) is 0 Å². The minimum atomic E-state index is -0.512. The van der Waals surface area contributed by atoms with Crippen molar-refractivity contribution in [2.24, 2.45) is 0 Å². The van der Waals surface area contributed by atoms with Gasteiger partial charge in [0, 0.05) is 111 Å². The van der Waals surface area contributed by atoms with E-state index in [0.29, 0.717) is 0 Å². The zero-order valence-corrected chi connectivity index (χ0v) is 82.1. The Hall–Kier alpha value is -16.3. The van der Waals surface area contributed by atoms with Crippen LogP contribution in [-0.2, 0) is 27.1 Å². The third kappa shape index (κ3) is 10.0. The van der Waals surface area contributed by atoms with Crippen molar-refractivity contribution in [1.29, 1.82) is 0 Å². The van der Waals surface area contributed by atoms with Crippen molar-refractivity contribution in [1.82, 2.24) is 9.13 Å². The molecular formula is C139H92N2S2. The molecule has 4 heterocycles. The zero-order valence-electron chi connectivity index (χ0n) is 80.5. The van der Waals surface area contributed by atoms with Gasteiger partial charge >= 0.3 is 0 Å². The zero-order chi connectivity index (χ0) is 94.6. The van der Waals surface area contributed by atoms with Gasteiger partial charge in [0.25, 0.3) is 0 Å². The van der Waals surface area contributed by atoms with E-state index >= 15 is 0 Å². The van der Waals surface area contributed by atoms with E-state index in [9.17, 15) is 0 Å². The highest BCUT2D eigenvalue weighted by Gasteiger charge is 2.50. The lowest BCUT2D eigenvalue weighted by molar-refractivity contribution is 0.639. The average Bonchev–Trinajstić information content (AvgIpc) is 1.53. The van der Waals surface area contributed by atoms with Crippen LogP contribution in [-0.4, -0.2) is 9.13 Å². The number of para-hydroxylation sites is 4. The molecule has 4 aromatic heterocycles. The van der Waals surface area contributed by atoms with Gasteiger partial charge in [-0.2, -0.15) is 0 Å². The summed E-state index contributed by atoms with van der Waals surface area (Å²) in [7, 11) is 0. The maximum atomic E-state index is 2.61. The van der Waals surface area contributed by atoms with Crippen LogP contribution in [0, 0.1) is 0 Å². The Labute approximate surface area is 834 Å². The first-order valence-electron chi connectivity index (χ1n) is 50.7. The number of aromatic nitrogens is 2. The molecule has 0 fully saturated rings. The van der Waals surface area contributed by atoms with Crippen LogP contribution in [0.1, 0.15) is 122 Å². The smallest absolute Gasteiger partial charge is 0.0714 e. The molecule has 0 amide bonds. The predicted octanol–water partition coefficient (Wildman–Crippen LogP) is 38.3. The molecule has 25 aromatic carbocycles. The topological polar surface area (TPSA) is 9.86 Å². The number of hydrogen-bond acceptors (Lipinski definition) is 2. The van der Waals surface area contributed by atoms with Crippen molar-refractivity contribution in [2.75, 3.05) is 0 Å². The summed E-state index contributed by atoms with van der Waals surface area (Å²) in [6, 6.07) is 156. The average molecular weight is 1850 g/mol. The largest absolute Gasteiger partial charge is 0.309 e. The van der Waals surface area contributed by atoms with E-state index in [1.54, 1.807) is 0 Å². The number of fused-ring (bicyclic) bond motifs is 33. The summed E-state index contributed by atoms with van der Waals surface area (Å²) < 4.78 is 10.4. The van der Waals surface area contributed by atoms with Crippen molar-refractivity contribution >= 4 is 204 Å². The molecule has 29 aromatic rings. The fraction of sp³-hybridized carbons (Fsp3) is 0.0935. The standard InChI is InChI=1S/C47H26S2.2C46H33N/c1-3-13-28(14-4-1)47(29-15-5-2-6-16-29)36-20-10-7-18-31(36)43-44-37(47)26-35-40-27(25-34-30-17-8-11-21-38(30)48-45(34)35)23-24-33(42(40)44)41-32-19-9-12-22-39(32)49-46(41)43;1-45(2)34-19-11-9-18-30(34)41-42-36(45)25-26-24-33-28-16-10-13-21-37(28)47(27-14-6-5-7-15-27)44(33)32-23-22-31(40(42)38(26)32)39-29-17-8-12-20-35(29)46(3,4)43(39)41;1-45(2)33-19-11-9-17-29(33)42-43-35(45)25-32-38-26(22-23-31(41(38)43)40-28-16-8-12-20-34(28)46(3,4)44(40)42)24-37-39(32)30-18-10-13-21-36(30)47(37)27-14-6-5-7-15-27/h1-26H;2*5-25H,1-4H3. The third-order valence-corrected chi connectivity index (χ3v) is 37.4. The van der Waals surface area contributed by atoms with E-state index in [2.05, 4.69) is 477 Å². The number of rotatable bonds is 4. The van der Waals surface area contributed by atoms with Gasteiger partial charge in [0.2, 0.25) is 0 Å². The van der Waals surface area contributed by atoms with Crippen molar-refractivity contribution in [2.45, 2.75) is 82.5 Å². The normalized spacial score (nSPS) is 15.0. The maximum Gasteiger partial charge on any atom is 0.0714 e. The van der Waals surface area contributed by atoms with E-state index in [1.807, 2.05) is 22.7 Å². The van der Waals surface area contributed by atoms with Crippen molar-refractivity contribution in [3.63, 3.8) is 0 Å². The first-order valence-corrected chi connectivity index (χ1v) is 52.3. The van der Waals surface area contributed by atoms with Gasteiger partial charge < -0.3 is 9.13 Å². The molecule has 0 bridgehead atoms. The van der Waals surface area contributed by atoms with Crippen molar-refractivity contribution in [3.8, 4) is 67.0 Å². The Morgan fingerprint density at radius 1 is 0.189 bits per heavy atom. The molecule has 0 saturated carbocycles. The number of thiophene rings is 2. The summed E-state index contributed by atoms with van der Waals surface area (Å²) >= 11 is 3.90. The van der Waals surface area contributed by atoms with Gasteiger partial charge in [-0.3, -0.25) is 0 Å². The summed E-state index contributed by atoms with van der Waals surface area (Å²) in [4.78, 5) is 0. The minimum Gasteiger partial charge on any atom is -0.309 e. The van der Waals surface area contributed by atoms with Gasteiger partial charge in [0.05, 0.1) is 27.5 Å². The fourth-order valence-electron chi connectivity index (χ4n) is 29.2. The number of nitrogens with zero attached hydrogens (tertiary/aromatic N) is 2. The lowest BCUT2D eigenvalue weighted by Crippen LogP contribution is -2.34. The molecule has 0 saturated heterocycles. The lowest BCUT2D eigenvalue weighted by atomic mass is 9.59. The summed E-state index contributed by atoms with van der Waals surface area (Å²) in [6.45, 7) is 19.5. The van der Waals surface area contributed by atoms with E-state index in [1.165, 1.54) is 315 Å². The summed E-state index contributed by atoms with van der Waals surface area (Å²) in [6.07, 6.45) is 0. The Balaban J connectivity index is 0.0000000963. The molecule has 5 aliphatic carbocycles. The molecule has 0 aliphatic heterocycles. The molecule has 0 atom stereocenters. The molecule has 0 unspecified atom stereocenters. The van der Waals surface area contributed by atoms with Crippen molar-refractivity contribution < 1.29 is 0 Å². The van der Waals surface area contributed by atoms with Gasteiger partial charge in [0.15, 0.2) is 0 Å². The molecule has 0 N–H and O–H groups in total. The van der Waals surface area contributed by atoms with E-state index < -0.39 is 5.41 Å². The Morgan fingerprint density at radius 2 is 0.580 bits per heavy atom. The Morgan fingerprint density at radius 3 is 1.17 bits per heavy atom. The van der Waals surface area contributed by atoms with Crippen LogP contribution < -0.4 is 0 Å². The number of benzene rings is 25. The van der Waals surface area contributed by atoms with Crippen LogP contribution in [0.2, 0.25) is 0 Å². The quantitative estimate of drug-likeness (QED) is 0.155. The highest BCUT2D eigenvalue weighted by atomic mass is 32.1. The number of hydrogen-bond donors (Lipinski definition) is 0. The predicted molar refractivity (Wildman–Crippen MR) is 612 cm³/mol. The van der Waals surface area contributed by atoms with E-state index in [0.717, 1.165) is 0 Å². The first kappa shape index (κ1) is 80.5. The monoisotopic (exact) mass is 1850 g/mol. The fourth-order valence-corrected chi connectivity index (χ4v) is 31.7. The molecule has 0 spiro atoms.